The average Bonchev–Trinajstić information content (AvgIpc) is 1.82. The second-order valence-corrected chi connectivity index (χ2v) is 3.33. The van der Waals surface area contributed by atoms with Gasteiger partial charge in [0.25, 0.3) is 0 Å². The normalized spacial score (nSPS) is 14.3. The SMILES string of the molecule is CCCCC(N)P(O)O. The van der Waals surface area contributed by atoms with Gasteiger partial charge in [-0.3, -0.25) is 0 Å². The molecule has 0 aromatic rings. The fourth-order valence-corrected chi connectivity index (χ4v) is 0.942. The van der Waals surface area contributed by atoms with E-state index in [4.69, 9.17) is 15.5 Å². The minimum atomic E-state index is -1.90. The third-order valence-corrected chi connectivity index (χ3v) is 2.00. The van der Waals surface area contributed by atoms with E-state index < -0.39 is 14.2 Å². The molecule has 0 aromatic carbocycles. The Morgan fingerprint density at radius 3 is 2.44 bits per heavy atom. The van der Waals surface area contributed by atoms with Crippen LogP contribution in [-0.4, -0.2) is 15.6 Å². The van der Waals surface area contributed by atoms with Gasteiger partial charge >= 0.3 is 0 Å². The predicted molar refractivity (Wildman–Crippen MR) is 38.9 cm³/mol. The maximum Gasteiger partial charge on any atom is 0.183 e. The van der Waals surface area contributed by atoms with Crippen LogP contribution in [-0.2, 0) is 0 Å². The van der Waals surface area contributed by atoms with Crippen LogP contribution in [0.2, 0.25) is 0 Å². The van der Waals surface area contributed by atoms with Crippen molar-refractivity contribution >= 4 is 8.38 Å². The van der Waals surface area contributed by atoms with Crippen LogP contribution in [0, 0.1) is 0 Å². The van der Waals surface area contributed by atoms with Crippen LogP contribution >= 0.6 is 8.38 Å². The van der Waals surface area contributed by atoms with E-state index in [1.165, 1.54) is 0 Å². The van der Waals surface area contributed by atoms with Crippen LogP contribution in [0.3, 0.4) is 0 Å². The molecule has 4 N–H and O–H groups in total. The highest BCUT2D eigenvalue weighted by Gasteiger charge is 2.09. The summed E-state index contributed by atoms with van der Waals surface area (Å²) in [4.78, 5) is 17.1. The molecule has 0 aliphatic heterocycles. The van der Waals surface area contributed by atoms with Gasteiger partial charge < -0.3 is 15.5 Å². The smallest absolute Gasteiger partial charge is 0.183 e. The molecule has 0 heterocycles. The zero-order valence-corrected chi connectivity index (χ0v) is 6.51. The second-order valence-electron chi connectivity index (χ2n) is 2.03. The van der Waals surface area contributed by atoms with Crippen molar-refractivity contribution in [1.29, 1.82) is 0 Å². The highest BCUT2D eigenvalue weighted by molar-refractivity contribution is 7.45. The Bertz CT molecular complexity index is 70.0. The Hall–Kier alpha value is 0.310. The molecule has 0 radical (unpaired) electrons. The summed E-state index contributed by atoms with van der Waals surface area (Å²) >= 11 is 0. The van der Waals surface area contributed by atoms with Crippen molar-refractivity contribution in [2.45, 2.75) is 32.0 Å². The zero-order chi connectivity index (χ0) is 7.28. The van der Waals surface area contributed by atoms with Crippen LogP contribution in [0.25, 0.3) is 0 Å². The summed E-state index contributed by atoms with van der Waals surface area (Å²) in [5.41, 5.74) is 5.33. The molecule has 56 valence electrons. The number of hydrogen-bond acceptors (Lipinski definition) is 3. The number of hydrogen-bond donors (Lipinski definition) is 3. The maximum atomic E-state index is 8.54. The maximum absolute atomic E-state index is 8.54. The molecule has 1 atom stereocenters. The summed E-state index contributed by atoms with van der Waals surface area (Å²) in [7, 11) is -1.90. The first kappa shape index (κ1) is 9.31. The lowest BCUT2D eigenvalue weighted by Crippen LogP contribution is -2.16. The molecule has 0 bridgehead atoms. The summed E-state index contributed by atoms with van der Waals surface area (Å²) in [6.45, 7) is 2.05. The van der Waals surface area contributed by atoms with E-state index in [2.05, 4.69) is 0 Å². The van der Waals surface area contributed by atoms with Gasteiger partial charge in [0.15, 0.2) is 8.38 Å². The Labute approximate surface area is 56.8 Å². The predicted octanol–water partition coefficient (Wildman–Crippen LogP) is 0.758. The first-order chi connectivity index (χ1) is 4.18. The van der Waals surface area contributed by atoms with Gasteiger partial charge in [0, 0.05) is 0 Å². The first-order valence-electron chi connectivity index (χ1n) is 3.11. The van der Waals surface area contributed by atoms with E-state index in [-0.39, 0.29) is 0 Å². The van der Waals surface area contributed by atoms with E-state index in [9.17, 15) is 0 Å². The molecule has 0 rings (SSSR count). The summed E-state index contributed by atoms with van der Waals surface area (Å²) in [5.74, 6) is -0.403. The molecule has 0 saturated heterocycles. The number of rotatable bonds is 4. The molecular weight excluding hydrogens is 137 g/mol. The van der Waals surface area contributed by atoms with E-state index in [0.29, 0.717) is 0 Å². The van der Waals surface area contributed by atoms with Crippen molar-refractivity contribution in [3.05, 3.63) is 0 Å². The molecule has 3 nitrogen and oxygen atoms in total. The second kappa shape index (κ2) is 5.12. The van der Waals surface area contributed by atoms with Gasteiger partial charge in [-0.1, -0.05) is 19.8 Å². The largest absolute Gasteiger partial charge is 0.349 e. The highest BCUT2D eigenvalue weighted by Crippen LogP contribution is 2.29. The molecule has 1 unspecified atom stereocenters. The summed E-state index contributed by atoms with van der Waals surface area (Å²) in [5, 5.41) is 0. The summed E-state index contributed by atoms with van der Waals surface area (Å²) < 4.78 is 0. The Kier molecular flexibility index (Phi) is 5.30. The van der Waals surface area contributed by atoms with E-state index in [0.717, 1.165) is 19.3 Å². The van der Waals surface area contributed by atoms with Gasteiger partial charge in [-0.05, 0) is 6.42 Å². The summed E-state index contributed by atoms with van der Waals surface area (Å²) in [6.07, 6.45) is 2.74. The van der Waals surface area contributed by atoms with Gasteiger partial charge in [0.2, 0.25) is 0 Å². The topological polar surface area (TPSA) is 66.5 Å². The Balaban J connectivity index is 3.16. The number of nitrogens with two attached hydrogens (primary N) is 1. The number of unbranched alkanes of at least 4 members (excludes halogenated alkanes) is 1. The lowest BCUT2D eigenvalue weighted by Gasteiger charge is -2.10. The van der Waals surface area contributed by atoms with Crippen molar-refractivity contribution in [1.82, 2.24) is 0 Å². The third-order valence-electron chi connectivity index (χ3n) is 1.15. The molecule has 0 aliphatic carbocycles. The molecule has 0 fully saturated rings. The fraction of sp³-hybridized carbons (Fsp3) is 1.00. The average molecular weight is 151 g/mol. The van der Waals surface area contributed by atoms with Crippen LogP contribution in [0.4, 0.5) is 0 Å². The first-order valence-corrected chi connectivity index (χ1v) is 4.42. The van der Waals surface area contributed by atoms with E-state index >= 15 is 0 Å². The Morgan fingerprint density at radius 2 is 2.11 bits per heavy atom. The quantitative estimate of drug-likeness (QED) is 0.519. The van der Waals surface area contributed by atoms with Gasteiger partial charge in [-0.15, -0.1) is 0 Å². The van der Waals surface area contributed by atoms with E-state index in [1.54, 1.807) is 0 Å². The standard InChI is InChI=1S/C5H14NO2P/c1-2-3-4-5(6)9(7)8/h5,7-8H,2-4,6H2,1H3. The molecule has 0 spiro atoms. The third kappa shape index (κ3) is 4.79. The minimum absolute atomic E-state index is 0.403. The minimum Gasteiger partial charge on any atom is -0.349 e. The lowest BCUT2D eigenvalue weighted by molar-refractivity contribution is 0.457. The van der Waals surface area contributed by atoms with Gasteiger partial charge in [-0.2, -0.15) is 0 Å². The van der Waals surface area contributed by atoms with Crippen LogP contribution in [0.5, 0.6) is 0 Å². The van der Waals surface area contributed by atoms with Crippen LogP contribution < -0.4 is 5.73 Å². The molecule has 9 heavy (non-hydrogen) atoms. The highest BCUT2D eigenvalue weighted by atomic mass is 31.2. The van der Waals surface area contributed by atoms with Crippen molar-refractivity contribution in [2.24, 2.45) is 5.73 Å². The van der Waals surface area contributed by atoms with Crippen LogP contribution in [0.15, 0.2) is 0 Å². The van der Waals surface area contributed by atoms with Crippen molar-refractivity contribution in [2.75, 3.05) is 0 Å². The molecule has 0 amide bonds. The zero-order valence-electron chi connectivity index (χ0n) is 5.62. The fourth-order valence-electron chi connectivity index (χ4n) is 0.529. The molecule has 0 saturated carbocycles. The van der Waals surface area contributed by atoms with Gasteiger partial charge in [-0.25, -0.2) is 0 Å². The molecular formula is C5H14NO2P. The van der Waals surface area contributed by atoms with Crippen molar-refractivity contribution in [3.8, 4) is 0 Å². The molecule has 4 heteroatoms. The van der Waals surface area contributed by atoms with Gasteiger partial charge in [0.05, 0.1) is 5.78 Å². The Morgan fingerprint density at radius 1 is 1.56 bits per heavy atom. The monoisotopic (exact) mass is 151 g/mol. The van der Waals surface area contributed by atoms with Crippen molar-refractivity contribution < 1.29 is 9.79 Å². The van der Waals surface area contributed by atoms with Gasteiger partial charge in [0.1, 0.15) is 0 Å². The summed E-state index contributed by atoms with van der Waals surface area (Å²) in [6, 6.07) is 0. The van der Waals surface area contributed by atoms with E-state index in [1.807, 2.05) is 6.92 Å². The van der Waals surface area contributed by atoms with Crippen LogP contribution in [0.1, 0.15) is 26.2 Å². The molecule has 0 aromatic heterocycles. The van der Waals surface area contributed by atoms with Crippen molar-refractivity contribution in [3.63, 3.8) is 0 Å². The molecule has 0 aliphatic rings. The lowest BCUT2D eigenvalue weighted by atomic mass is 10.2.